The molecule has 0 bridgehead atoms. The highest BCUT2D eigenvalue weighted by Gasteiger charge is 2.32. The Morgan fingerprint density at radius 1 is 1.13 bits per heavy atom. The fraction of sp³-hybridized carbons (Fsp3) is 0.211. The van der Waals surface area contributed by atoms with Crippen LogP contribution in [0.3, 0.4) is 0 Å². The Hall–Kier alpha value is -3.27. The fourth-order valence-corrected chi connectivity index (χ4v) is 2.72. The molecule has 30 heavy (non-hydrogen) atoms. The third kappa shape index (κ3) is 5.41. The van der Waals surface area contributed by atoms with Crippen LogP contribution >= 0.6 is 11.6 Å². The van der Waals surface area contributed by atoms with Crippen molar-refractivity contribution in [2.45, 2.75) is 19.9 Å². The van der Waals surface area contributed by atoms with E-state index in [0.29, 0.717) is 22.6 Å². The first-order valence-electron chi connectivity index (χ1n) is 8.62. The number of ether oxygens (including phenoxy) is 3. The lowest BCUT2D eigenvalue weighted by atomic mass is 10.1. The molecule has 0 saturated heterocycles. The summed E-state index contributed by atoms with van der Waals surface area (Å²) in [6.07, 6.45) is -4.82. The molecule has 0 fully saturated rings. The van der Waals surface area contributed by atoms with Crippen molar-refractivity contribution in [3.63, 3.8) is 0 Å². The maximum atomic E-state index is 12.3. The van der Waals surface area contributed by atoms with Gasteiger partial charge in [-0.15, -0.1) is 18.3 Å². The Morgan fingerprint density at radius 2 is 1.83 bits per heavy atom. The minimum atomic E-state index is -4.82. The van der Waals surface area contributed by atoms with Crippen molar-refractivity contribution in [1.29, 1.82) is 0 Å². The summed E-state index contributed by atoms with van der Waals surface area (Å²) in [5.41, 5.74) is 1.72. The monoisotopic (exact) mass is 441 g/mol. The van der Waals surface area contributed by atoms with Crippen LogP contribution in [-0.2, 0) is 11.3 Å². The summed E-state index contributed by atoms with van der Waals surface area (Å²) >= 11 is 5.88. The zero-order valence-corrected chi connectivity index (χ0v) is 16.3. The van der Waals surface area contributed by atoms with E-state index in [-0.39, 0.29) is 23.9 Å². The van der Waals surface area contributed by atoms with E-state index in [9.17, 15) is 18.0 Å². The molecule has 3 rings (SSSR count). The number of aromatic amines is 1. The second-order valence-electron chi connectivity index (χ2n) is 5.86. The molecule has 0 amide bonds. The third-order valence-corrected chi connectivity index (χ3v) is 4.12. The molecule has 0 saturated carbocycles. The molecular weight excluding hydrogens is 427 g/mol. The molecule has 0 aliphatic rings. The van der Waals surface area contributed by atoms with Gasteiger partial charge in [-0.3, -0.25) is 5.10 Å². The molecular formula is C19H15ClF3N3O4. The summed E-state index contributed by atoms with van der Waals surface area (Å²) in [6, 6.07) is 10.7. The number of hydrogen-bond donors (Lipinski definition) is 1. The maximum absolute atomic E-state index is 12.3. The zero-order chi connectivity index (χ0) is 21.7. The second-order valence-corrected chi connectivity index (χ2v) is 6.27. The number of carbonyl (C=O) groups excluding carboxylic acids is 1. The predicted octanol–water partition coefficient (Wildman–Crippen LogP) is 4.78. The highest BCUT2D eigenvalue weighted by atomic mass is 35.5. The van der Waals surface area contributed by atoms with Crippen LogP contribution in [0.15, 0.2) is 42.5 Å². The molecule has 11 heteroatoms. The number of benzene rings is 2. The predicted molar refractivity (Wildman–Crippen MR) is 100 cm³/mol. The fourth-order valence-electron chi connectivity index (χ4n) is 2.50. The van der Waals surface area contributed by atoms with Gasteiger partial charge >= 0.3 is 12.3 Å². The van der Waals surface area contributed by atoms with Gasteiger partial charge in [0.15, 0.2) is 5.69 Å². The van der Waals surface area contributed by atoms with Crippen LogP contribution in [0, 0.1) is 0 Å². The highest BCUT2D eigenvalue weighted by Crippen LogP contribution is 2.34. The lowest BCUT2D eigenvalue weighted by Gasteiger charge is -2.12. The van der Waals surface area contributed by atoms with Crippen molar-refractivity contribution in [3.05, 3.63) is 58.9 Å². The van der Waals surface area contributed by atoms with Gasteiger partial charge in [-0.05, 0) is 42.3 Å². The number of nitrogens with one attached hydrogen (secondary N) is 1. The van der Waals surface area contributed by atoms with E-state index in [1.807, 2.05) is 0 Å². The van der Waals surface area contributed by atoms with Gasteiger partial charge in [0.25, 0.3) is 0 Å². The van der Waals surface area contributed by atoms with Gasteiger partial charge in [0.1, 0.15) is 23.8 Å². The average molecular weight is 442 g/mol. The largest absolute Gasteiger partial charge is 0.573 e. The van der Waals surface area contributed by atoms with Crippen LogP contribution in [0.4, 0.5) is 13.2 Å². The highest BCUT2D eigenvalue weighted by molar-refractivity contribution is 6.32. The summed E-state index contributed by atoms with van der Waals surface area (Å²) < 4.78 is 51.4. The van der Waals surface area contributed by atoms with E-state index in [0.717, 1.165) is 6.07 Å². The van der Waals surface area contributed by atoms with Gasteiger partial charge in [0, 0.05) is 0 Å². The van der Waals surface area contributed by atoms with Crippen molar-refractivity contribution in [3.8, 4) is 22.6 Å². The normalized spacial score (nSPS) is 11.2. The van der Waals surface area contributed by atoms with E-state index in [4.69, 9.17) is 21.1 Å². The van der Waals surface area contributed by atoms with Gasteiger partial charge in [-0.1, -0.05) is 35.0 Å². The Labute approximate surface area is 173 Å². The molecule has 0 aliphatic carbocycles. The zero-order valence-electron chi connectivity index (χ0n) is 15.5. The third-order valence-electron chi connectivity index (χ3n) is 3.82. The molecule has 158 valence electrons. The minimum Gasteiger partial charge on any atom is -0.487 e. The Morgan fingerprint density at radius 3 is 2.47 bits per heavy atom. The number of nitrogens with zero attached hydrogens (tertiary/aromatic N) is 2. The quantitative estimate of drug-likeness (QED) is 0.531. The van der Waals surface area contributed by atoms with E-state index in [1.54, 1.807) is 31.2 Å². The van der Waals surface area contributed by atoms with Crippen LogP contribution in [0.5, 0.6) is 11.5 Å². The van der Waals surface area contributed by atoms with E-state index in [2.05, 4.69) is 20.1 Å². The number of esters is 1. The molecule has 0 unspecified atom stereocenters. The number of hydrogen-bond acceptors (Lipinski definition) is 6. The average Bonchev–Trinajstić information content (AvgIpc) is 3.16. The van der Waals surface area contributed by atoms with Crippen LogP contribution < -0.4 is 9.47 Å². The first-order chi connectivity index (χ1) is 14.3. The number of rotatable bonds is 7. The van der Waals surface area contributed by atoms with Gasteiger partial charge in [-0.25, -0.2) is 4.79 Å². The first kappa shape index (κ1) is 21.4. The van der Waals surface area contributed by atoms with E-state index < -0.39 is 18.1 Å². The molecule has 0 radical (unpaired) electrons. The van der Waals surface area contributed by atoms with Gasteiger partial charge in [0.2, 0.25) is 0 Å². The Kier molecular flexibility index (Phi) is 6.46. The number of alkyl halides is 3. The van der Waals surface area contributed by atoms with Crippen molar-refractivity contribution in [2.75, 3.05) is 6.61 Å². The number of halogens is 4. The van der Waals surface area contributed by atoms with Crippen LogP contribution in [-0.4, -0.2) is 34.3 Å². The lowest BCUT2D eigenvalue weighted by molar-refractivity contribution is -0.274. The first-order valence-corrected chi connectivity index (χ1v) is 9.00. The molecule has 1 N–H and O–H groups in total. The van der Waals surface area contributed by atoms with Crippen molar-refractivity contribution >= 4 is 17.6 Å². The molecule has 7 nitrogen and oxygen atoms in total. The number of H-pyrrole nitrogens is 1. The van der Waals surface area contributed by atoms with Gasteiger partial charge < -0.3 is 14.2 Å². The van der Waals surface area contributed by atoms with Crippen LogP contribution in [0.25, 0.3) is 11.1 Å². The van der Waals surface area contributed by atoms with Crippen molar-refractivity contribution < 1.29 is 32.2 Å². The molecule has 0 atom stereocenters. The van der Waals surface area contributed by atoms with Crippen LogP contribution in [0.1, 0.15) is 23.1 Å². The molecule has 3 aromatic rings. The second kappa shape index (κ2) is 9.04. The SMILES string of the molecule is CCOC(=O)c1[nH]nnc1COc1ccc(-c2ccc(OC(F)(F)F)c(Cl)c2)cc1. The van der Waals surface area contributed by atoms with Gasteiger partial charge in [0.05, 0.1) is 11.6 Å². The molecule has 1 aromatic heterocycles. The van der Waals surface area contributed by atoms with Crippen LogP contribution in [0.2, 0.25) is 5.02 Å². The standard InChI is InChI=1S/C19H15ClF3N3O4/c1-2-28-18(27)17-15(24-26-25-17)10-29-13-6-3-11(4-7-13)12-5-8-16(14(20)9-12)30-19(21,22)23/h3-9H,2,10H2,1H3,(H,24,25,26). The summed E-state index contributed by atoms with van der Waals surface area (Å²) in [6.45, 7) is 1.88. The molecule has 2 aromatic carbocycles. The van der Waals surface area contributed by atoms with Gasteiger partial charge in [-0.2, -0.15) is 0 Å². The smallest absolute Gasteiger partial charge is 0.487 e. The summed E-state index contributed by atoms with van der Waals surface area (Å²) in [4.78, 5) is 11.8. The minimum absolute atomic E-state index is 0.0146. The molecule has 0 aliphatic heterocycles. The summed E-state index contributed by atoms with van der Waals surface area (Å²) in [5, 5.41) is 9.69. The maximum Gasteiger partial charge on any atom is 0.573 e. The summed E-state index contributed by atoms with van der Waals surface area (Å²) in [5.74, 6) is -0.566. The van der Waals surface area contributed by atoms with Crippen molar-refractivity contribution in [1.82, 2.24) is 15.4 Å². The number of aromatic nitrogens is 3. The Bertz CT molecular complexity index is 1020. The number of carbonyl (C=O) groups is 1. The molecule has 0 spiro atoms. The van der Waals surface area contributed by atoms with E-state index in [1.165, 1.54) is 12.1 Å². The topological polar surface area (TPSA) is 86.3 Å². The lowest BCUT2D eigenvalue weighted by Crippen LogP contribution is -2.17. The Balaban J connectivity index is 1.67. The van der Waals surface area contributed by atoms with Crippen molar-refractivity contribution in [2.24, 2.45) is 0 Å². The summed E-state index contributed by atoms with van der Waals surface area (Å²) in [7, 11) is 0. The molecule has 1 heterocycles. The van der Waals surface area contributed by atoms with E-state index >= 15 is 0 Å².